The van der Waals surface area contributed by atoms with Gasteiger partial charge in [-0.3, -0.25) is 4.79 Å². The van der Waals surface area contributed by atoms with Gasteiger partial charge < -0.3 is 14.5 Å². The van der Waals surface area contributed by atoms with Crippen molar-refractivity contribution in [3.8, 4) is 16.5 Å². The van der Waals surface area contributed by atoms with Crippen molar-refractivity contribution in [1.82, 2.24) is 4.98 Å². The molecule has 0 saturated heterocycles. The molecular weight excluding hydrogens is 336 g/mol. The molecule has 0 spiro atoms. The first-order valence-corrected chi connectivity index (χ1v) is 8.23. The number of ether oxygens (including phenoxy) is 1. The van der Waals surface area contributed by atoms with E-state index in [9.17, 15) is 4.79 Å². The summed E-state index contributed by atoms with van der Waals surface area (Å²) in [5.74, 6) is 0.952. The molecule has 0 aliphatic heterocycles. The zero-order valence-corrected chi connectivity index (χ0v) is 13.6. The van der Waals surface area contributed by atoms with Crippen LogP contribution in [0.4, 0.5) is 5.69 Å². The van der Waals surface area contributed by atoms with Crippen LogP contribution >= 0.6 is 22.9 Å². The smallest absolute Gasteiger partial charge is 0.239 e. The average Bonchev–Trinajstić information content (AvgIpc) is 3.25. The Balaban J connectivity index is 1.57. The number of aromatic nitrogens is 1. The number of nitrogens with zero attached hydrogens (tertiary/aromatic N) is 1. The maximum atomic E-state index is 11.2. The third kappa shape index (κ3) is 4.12. The Hall–Kier alpha value is -2.31. The van der Waals surface area contributed by atoms with Crippen molar-refractivity contribution >= 4 is 34.5 Å². The highest BCUT2D eigenvalue weighted by Gasteiger charge is 2.08. The van der Waals surface area contributed by atoms with E-state index < -0.39 is 0 Å². The lowest BCUT2D eigenvalue weighted by molar-refractivity contribution is -0.113. The van der Waals surface area contributed by atoms with Gasteiger partial charge in [0.2, 0.25) is 11.8 Å². The van der Waals surface area contributed by atoms with Gasteiger partial charge in [0, 0.05) is 5.69 Å². The second-order valence-corrected chi connectivity index (χ2v) is 5.83. The van der Waals surface area contributed by atoms with Crippen LogP contribution < -0.4 is 10.1 Å². The summed E-state index contributed by atoms with van der Waals surface area (Å²) in [7, 11) is 0. The van der Waals surface area contributed by atoms with Gasteiger partial charge in [0.25, 0.3) is 0 Å². The zero-order chi connectivity index (χ0) is 16.1. The first-order chi connectivity index (χ1) is 11.2. The molecule has 5 nitrogen and oxygen atoms in total. The van der Waals surface area contributed by atoms with Crippen molar-refractivity contribution in [2.24, 2.45) is 0 Å². The normalized spacial score (nSPS) is 10.5. The Morgan fingerprint density at radius 1 is 1.30 bits per heavy atom. The molecule has 0 bridgehead atoms. The molecular formula is C16H13ClN2O3S. The molecule has 3 rings (SSSR count). The number of thiophene rings is 1. The summed E-state index contributed by atoms with van der Waals surface area (Å²) < 4.78 is 11.1. The van der Waals surface area contributed by atoms with Gasteiger partial charge in [0.1, 0.15) is 30.2 Å². The highest BCUT2D eigenvalue weighted by molar-refractivity contribution is 7.13. The van der Waals surface area contributed by atoms with E-state index in [0.29, 0.717) is 29.6 Å². The monoisotopic (exact) mass is 348 g/mol. The van der Waals surface area contributed by atoms with Crippen LogP contribution in [-0.2, 0) is 11.4 Å². The number of hydrogen-bond acceptors (Lipinski definition) is 5. The van der Waals surface area contributed by atoms with Gasteiger partial charge in [-0.15, -0.1) is 22.9 Å². The molecule has 1 N–H and O–H groups in total. The minimum absolute atomic E-state index is 0.0724. The highest BCUT2D eigenvalue weighted by Crippen LogP contribution is 2.24. The largest absolute Gasteiger partial charge is 0.487 e. The first-order valence-electron chi connectivity index (χ1n) is 6.81. The fraction of sp³-hybridized carbons (Fsp3) is 0.125. The molecule has 23 heavy (non-hydrogen) atoms. The van der Waals surface area contributed by atoms with Gasteiger partial charge in [-0.2, -0.15) is 0 Å². The van der Waals surface area contributed by atoms with Crippen LogP contribution in [0.1, 0.15) is 5.69 Å². The molecule has 7 heteroatoms. The number of nitrogens with one attached hydrogen (secondary N) is 1. The SMILES string of the molecule is O=C(CCl)Nc1ccc(OCc2coc(-c3cccs3)n2)cc1. The Kier molecular flexibility index (Phi) is 4.95. The molecule has 0 atom stereocenters. The molecule has 0 saturated carbocycles. The number of carbonyl (C=O) groups excluding carboxylic acids is 1. The maximum Gasteiger partial charge on any atom is 0.239 e. The summed E-state index contributed by atoms with van der Waals surface area (Å²) >= 11 is 7.01. The van der Waals surface area contributed by atoms with Gasteiger partial charge in [0.15, 0.2) is 0 Å². The van der Waals surface area contributed by atoms with Crippen LogP contribution in [-0.4, -0.2) is 16.8 Å². The second-order valence-electron chi connectivity index (χ2n) is 4.62. The highest BCUT2D eigenvalue weighted by atomic mass is 35.5. The van der Waals surface area contributed by atoms with E-state index in [1.807, 2.05) is 17.5 Å². The van der Waals surface area contributed by atoms with Gasteiger partial charge >= 0.3 is 0 Å². The molecule has 2 aromatic heterocycles. The summed E-state index contributed by atoms with van der Waals surface area (Å²) in [6.45, 7) is 0.308. The Morgan fingerprint density at radius 2 is 2.13 bits per heavy atom. The van der Waals surface area contributed by atoms with Gasteiger partial charge in [-0.1, -0.05) is 6.07 Å². The van der Waals surface area contributed by atoms with Crippen LogP contribution in [0.2, 0.25) is 0 Å². The van der Waals surface area contributed by atoms with Crippen LogP contribution in [0.15, 0.2) is 52.5 Å². The molecule has 0 radical (unpaired) electrons. The molecule has 0 aliphatic carbocycles. The summed E-state index contributed by atoms with van der Waals surface area (Å²) in [6, 6.07) is 10.9. The summed E-state index contributed by atoms with van der Waals surface area (Å²) in [5, 5.41) is 4.63. The average molecular weight is 349 g/mol. The van der Waals surface area contributed by atoms with E-state index in [1.54, 1.807) is 41.9 Å². The molecule has 0 unspecified atom stereocenters. The summed E-state index contributed by atoms with van der Waals surface area (Å²) in [5.41, 5.74) is 1.39. The maximum absolute atomic E-state index is 11.2. The molecule has 118 valence electrons. The number of amides is 1. The summed E-state index contributed by atoms with van der Waals surface area (Å²) in [6.07, 6.45) is 1.59. The third-order valence-corrected chi connectivity index (χ3v) is 4.03. The van der Waals surface area contributed by atoms with Crippen LogP contribution in [0.25, 0.3) is 10.8 Å². The van der Waals surface area contributed by atoms with E-state index >= 15 is 0 Å². The van der Waals surface area contributed by atoms with Crippen molar-refractivity contribution in [3.05, 3.63) is 53.7 Å². The molecule has 0 fully saturated rings. The van der Waals surface area contributed by atoms with Crippen molar-refractivity contribution in [1.29, 1.82) is 0 Å². The lowest BCUT2D eigenvalue weighted by atomic mass is 10.3. The minimum atomic E-state index is -0.246. The number of carbonyl (C=O) groups is 1. The van der Waals surface area contributed by atoms with Crippen molar-refractivity contribution in [2.45, 2.75) is 6.61 Å². The third-order valence-electron chi connectivity index (χ3n) is 2.93. The summed E-state index contributed by atoms with van der Waals surface area (Å²) in [4.78, 5) is 16.5. The van der Waals surface area contributed by atoms with E-state index in [-0.39, 0.29) is 11.8 Å². The van der Waals surface area contributed by atoms with Crippen molar-refractivity contribution < 1.29 is 13.9 Å². The van der Waals surface area contributed by atoms with Crippen LogP contribution in [0.3, 0.4) is 0 Å². The van der Waals surface area contributed by atoms with Crippen LogP contribution in [0.5, 0.6) is 5.75 Å². The molecule has 1 amide bonds. The van der Waals surface area contributed by atoms with Gasteiger partial charge in [-0.05, 0) is 35.7 Å². The number of anilines is 1. The van der Waals surface area contributed by atoms with Crippen molar-refractivity contribution in [2.75, 3.05) is 11.2 Å². The fourth-order valence-electron chi connectivity index (χ4n) is 1.87. The van der Waals surface area contributed by atoms with E-state index in [2.05, 4.69) is 10.3 Å². The first kappa shape index (κ1) is 15.6. The Morgan fingerprint density at radius 3 is 2.83 bits per heavy atom. The number of benzene rings is 1. The van der Waals surface area contributed by atoms with Gasteiger partial charge in [0.05, 0.1) is 4.88 Å². The molecule has 1 aromatic carbocycles. The minimum Gasteiger partial charge on any atom is -0.487 e. The number of halogens is 1. The van der Waals surface area contributed by atoms with E-state index in [4.69, 9.17) is 20.8 Å². The molecule has 3 aromatic rings. The van der Waals surface area contributed by atoms with E-state index in [0.717, 1.165) is 4.88 Å². The number of rotatable bonds is 6. The lowest BCUT2D eigenvalue weighted by Crippen LogP contribution is -2.12. The van der Waals surface area contributed by atoms with Gasteiger partial charge in [-0.25, -0.2) is 4.98 Å². The quantitative estimate of drug-likeness (QED) is 0.679. The molecule has 2 heterocycles. The Labute approximate surface area is 141 Å². The number of oxazole rings is 1. The second kappa shape index (κ2) is 7.30. The Bertz CT molecular complexity index is 769. The zero-order valence-electron chi connectivity index (χ0n) is 12.0. The predicted molar refractivity (Wildman–Crippen MR) is 89.9 cm³/mol. The predicted octanol–water partition coefficient (Wildman–Crippen LogP) is 4.16. The number of hydrogen-bond donors (Lipinski definition) is 1. The fourth-order valence-corrected chi connectivity index (χ4v) is 2.60. The number of alkyl halides is 1. The standard InChI is InChI=1S/C16H13ClN2O3S/c17-8-15(20)18-11-3-5-13(6-4-11)21-9-12-10-22-16(19-12)14-2-1-7-23-14/h1-7,10H,8-9H2,(H,18,20). The van der Waals surface area contributed by atoms with E-state index in [1.165, 1.54) is 0 Å². The lowest BCUT2D eigenvalue weighted by Gasteiger charge is -2.06. The topological polar surface area (TPSA) is 64.4 Å². The van der Waals surface area contributed by atoms with Crippen molar-refractivity contribution in [3.63, 3.8) is 0 Å². The van der Waals surface area contributed by atoms with Crippen LogP contribution in [0, 0.1) is 0 Å². The molecule has 0 aliphatic rings.